The molecule has 9 heteroatoms. The number of benzene rings is 3. The second kappa shape index (κ2) is 10.8. The van der Waals surface area contributed by atoms with E-state index in [0.717, 1.165) is 11.1 Å². The molecule has 0 spiro atoms. The Morgan fingerprint density at radius 1 is 0.778 bits per heavy atom. The van der Waals surface area contributed by atoms with Gasteiger partial charge in [-0.3, -0.25) is 4.79 Å². The second-order valence-corrected chi connectivity index (χ2v) is 8.63. The lowest BCUT2D eigenvalue weighted by Gasteiger charge is -2.26. The molecule has 0 heterocycles. The standard InChI is InChI=1S/C27H24F5NO3/c1-27(2,26(34)33-25-23(31)21(29)20(28)22(30)24(25)32)14-17(16-7-11-19(36-4)12-8-16)13-15-5-9-18(35-3)10-6-15/h5-13H,14H2,1-4H3,(H,33,34)/b17-13-. The molecule has 0 radical (unpaired) electrons. The predicted octanol–water partition coefficient (Wildman–Crippen LogP) is 6.99. The van der Waals surface area contributed by atoms with Crippen LogP contribution in [0.15, 0.2) is 48.5 Å². The number of ether oxygens (including phenoxy) is 2. The molecule has 3 aromatic carbocycles. The van der Waals surface area contributed by atoms with E-state index in [1.165, 1.54) is 21.0 Å². The van der Waals surface area contributed by atoms with E-state index in [0.29, 0.717) is 17.1 Å². The van der Waals surface area contributed by atoms with Gasteiger partial charge in [0.15, 0.2) is 23.3 Å². The van der Waals surface area contributed by atoms with E-state index in [2.05, 4.69) is 0 Å². The van der Waals surface area contributed by atoms with E-state index in [1.54, 1.807) is 43.5 Å². The van der Waals surface area contributed by atoms with Crippen LogP contribution in [0.5, 0.6) is 11.5 Å². The van der Waals surface area contributed by atoms with Gasteiger partial charge in [-0.2, -0.15) is 0 Å². The lowest BCUT2D eigenvalue weighted by molar-refractivity contribution is -0.123. The summed E-state index contributed by atoms with van der Waals surface area (Å²) in [6, 6.07) is 14.2. The molecule has 0 aromatic heterocycles. The lowest BCUT2D eigenvalue weighted by Crippen LogP contribution is -2.32. The molecule has 0 aliphatic carbocycles. The highest BCUT2D eigenvalue weighted by Crippen LogP contribution is 2.36. The fourth-order valence-electron chi connectivity index (χ4n) is 3.50. The van der Waals surface area contributed by atoms with Crippen LogP contribution in [0.25, 0.3) is 11.6 Å². The second-order valence-electron chi connectivity index (χ2n) is 8.63. The summed E-state index contributed by atoms with van der Waals surface area (Å²) >= 11 is 0. The van der Waals surface area contributed by atoms with Crippen molar-refractivity contribution in [3.63, 3.8) is 0 Å². The van der Waals surface area contributed by atoms with Gasteiger partial charge < -0.3 is 14.8 Å². The van der Waals surface area contributed by atoms with E-state index in [1.807, 2.05) is 23.5 Å². The third-order valence-electron chi connectivity index (χ3n) is 5.61. The van der Waals surface area contributed by atoms with Gasteiger partial charge in [-0.1, -0.05) is 44.2 Å². The molecular formula is C27H24F5NO3. The van der Waals surface area contributed by atoms with Crippen molar-refractivity contribution in [3.8, 4) is 11.5 Å². The first-order valence-corrected chi connectivity index (χ1v) is 10.8. The number of methoxy groups -OCH3 is 2. The Morgan fingerprint density at radius 3 is 1.69 bits per heavy atom. The van der Waals surface area contributed by atoms with Crippen molar-refractivity contribution in [1.29, 1.82) is 0 Å². The first-order chi connectivity index (χ1) is 17.0. The summed E-state index contributed by atoms with van der Waals surface area (Å²) in [5.41, 5.74) is -0.505. The number of hydrogen-bond donors (Lipinski definition) is 1. The average Bonchev–Trinajstić information content (AvgIpc) is 2.88. The van der Waals surface area contributed by atoms with E-state index in [-0.39, 0.29) is 6.42 Å². The Balaban J connectivity index is 1.97. The molecule has 3 rings (SSSR count). The average molecular weight is 505 g/mol. The topological polar surface area (TPSA) is 47.6 Å². The molecule has 0 bridgehead atoms. The number of anilines is 1. The molecule has 0 aliphatic heterocycles. The van der Waals surface area contributed by atoms with Crippen LogP contribution in [0.4, 0.5) is 27.6 Å². The molecule has 3 aromatic rings. The van der Waals surface area contributed by atoms with Gasteiger partial charge in [-0.15, -0.1) is 0 Å². The lowest BCUT2D eigenvalue weighted by atomic mass is 9.81. The fourth-order valence-corrected chi connectivity index (χ4v) is 3.50. The number of allylic oxidation sites excluding steroid dienone is 1. The molecule has 0 saturated carbocycles. The van der Waals surface area contributed by atoms with Gasteiger partial charge in [-0.25, -0.2) is 22.0 Å². The van der Waals surface area contributed by atoms with Crippen LogP contribution in [0.3, 0.4) is 0 Å². The molecule has 190 valence electrons. The number of halogens is 5. The van der Waals surface area contributed by atoms with Crippen LogP contribution in [0, 0.1) is 34.5 Å². The van der Waals surface area contributed by atoms with Crippen LogP contribution < -0.4 is 14.8 Å². The molecule has 1 N–H and O–H groups in total. The van der Waals surface area contributed by atoms with Gasteiger partial charge in [0.2, 0.25) is 11.7 Å². The molecule has 4 nitrogen and oxygen atoms in total. The highest BCUT2D eigenvalue weighted by molar-refractivity contribution is 5.97. The van der Waals surface area contributed by atoms with Crippen LogP contribution in [0.1, 0.15) is 31.4 Å². The number of carbonyl (C=O) groups is 1. The minimum Gasteiger partial charge on any atom is -0.497 e. The van der Waals surface area contributed by atoms with Crippen molar-refractivity contribution in [3.05, 3.63) is 88.7 Å². The Kier molecular flexibility index (Phi) is 8.02. The zero-order valence-corrected chi connectivity index (χ0v) is 20.0. The Morgan fingerprint density at radius 2 is 1.22 bits per heavy atom. The fraction of sp³-hybridized carbons (Fsp3) is 0.222. The summed E-state index contributed by atoms with van der Waals surface area (Å²) in [5, 5.41) is 1.88. The van der Waals surface area contributed by atoms with E-state index in [4.69, 9.17) is 9.47 Å². The summed E-state index contributed by atoms with van der Waals surface area (Å²) in [6.07, 6.45) is 1.89. The van der Waals surface area contributed by atoms with Crippen molar-refractivity contribution in [1.82, 2.24) is 0 Å². The maximum atomic E-state index is 14.1. The molecule has 0 atom stereocenters. The van der Waals surface area contributed by atoms with Gasteiger partial charge >= 0.3 is 0 Å². The maximum Gasteiger partial charge on any atom is 0.230 e. The van der Waals surface area contributed by atoms with E-state index < -0.39 is 46.1 Å². The summed E-state index contributed by atoms with van der Waals surface area (Å²) in [6.45, 7) is 3.00. The van der Waals surface area contributed by atoms with Crippen molar-refractivity contribution in [2.24, 2.45) is 5.41 Å². The SMILES string of the molecule is COc1ccc(/C=C(/CC(C)(C)C(=O)Nc2c(F)c(F)c(F)c(F)c2F)c2ccc(OC)cc2)cc1. The van der Waals surface area contributed by atoms with Gasteiger partial charge in [-0.05, 0) is 47.4 Å². The van der Waals surface area contributed by atoms with Crippen molar-refractivity contribution < 1.29 is 36.2 Å². The quantitative estimate of drug-likeness (QED) is 0.155. The number of amides is 1. The molecule has 36 heavy (non-hydrogen) atoms. The zero-order valence-electron chi connectivity index (χ0n) is 20.0. The molecule has 0 saturated heterocycles. The first kappa shape index (κ1) is 26.7. The van der Waals surface area contributed by atoms with Crippen LogP contribution >= 0.6 is 0 Å². The van der Waals surface area contributed by atoms with E-state index in [9.17, 15) is 26.7 Å². The monoisotopic (exact) mass is 505 g/mol. The molecule has 0 fully saturated rings. The molecule has 0 aliphatic rings. The Bertz CT molecular complexity index is 1260. The predicted molar refractivity (Wildman–Crippen MR) is 127 cm³/mol. The smallest absolute Gasteiger partial charge is 0.230 e. The summed E-state index contributed by atoms with van der Waals surface area (Å²) in [5.74, 6) is -10.5. The van der Waals surface area contributed by atoms with E-state index >= 15 is 0 Å². The third kappa shape index (κ3) is 5.67. The van der Waals surface area contributed by atoms with Crippen LogP contribution in [-0.4, -0.2) is 20.1 Å². The zero-order chi connectivity index (χ0) is 26.6. The number of carbonyl (C=O) groups excluding carboxylic acids is 1. The number of rotatable bonds is 8. The van der Waals surface area contributed by atoms with Crippen LogP contribution in [0.2, 0.25) is 0 Å². The number of nitrogens with one attached hydrogen (secondary N) is 1. The maximum absolute atomic E-state index is 14.1. The Labute approximate surface area is 205 Å². The van der Waals surface area contributed by atoms with Crippen molar-refractivity contribution >= 4 is 23.2 Å². The third-order valence-corrected chi connectivity index (χ3v) is 5.61. The van der Waals surface area contributed by atoms with Crippen molar-refractivity contribution in [2.45, 2.75) is 20.3 Å². The first-order valence-electron chi connectivity index (χ1n) is 10.8. The largest absolute Gasteiger partial charge is 0.497 e. The summed E-state index contributed by atoms with van der Waals surface area (Å²) in [7, 11) is 3.06. The van der Waals surface area contributed by atoms with Crippen molar-refractivity contribution in [2.75, 3.05) is 19.5 Å². The van der Waals surface area contributed by atoms with Gasteiger partial charge in [0, 0.05) is 5.41 Å². The molecule has 0 unspecified atom stereocenters. The summed E-state index contributed by atoms with van der Waals surface area (Å²) in [4.78, 5) is 13.0. The Hall–Kier alpha value is -3.88. The minimum atomic E-state index is -2.30. The van der Waals surface area contributed by atoms with Crippen LogP contribution in [-0.2, 0) is 4.79 Å². The van der Waals surface area contributed by atoms with Gasteiger partial charge in [0.25, 0.3) is 0 Å². The number of hydrogen-bond acceptors (Lipinski definition) is 3. The van der Waals surface area contributed by atoms with Gasteiger partial charge in [0.05, 0.1) is 14.2 Å². The minimum absolute atomic E-state index is 0.0621. The molecular weight excluding hydrogens is 481 g/mol. The normalized spacial score (nSPS) is 11.9. The highest BCUT2D eigenvalue weighted by Gasteiger charge is 2.33. The van der Waals surface area contributed by atoms with Gasteiger partial charge in [0.1, 0.15) is 17.2 Å². The summed E-state index contributed by atoms with van der Waals surface area (Å²) < 4.78 is 79.2. The molecule has 1 amide bonds. The highest BCUT2D eigenvalue weighted by atomic mass is 19.2.